The molecule has 1 heterocycles. The van der Waals surface area contributed by atoms with Gasteiger partial charge in [0.15, 0.2) is 0 Å². The third kappa shape index (κ3) is 2.69. The Labute approximate surface area is 111 Å². The van der Waals surface area contributed by atoms with Gasteiger partial charge in [0.25, 0.3) is 0 Å². The molecular formula is C16H26N2. The lowest BCUT2D eigenvalue weighted by Crippen LogP contribution is -2.62. The molecule has 1 aliphatic heterocycles. The largest absolute Gasteiger partial charge is 0.366 e. The van der Waals surface area contributed by atoms with E-state index < -0.39 is 0 Å². The molecule has 1 aromatic rings. The molecule has 1 fully saturated rings. The summed E-state index contributed by atoms with van der Waals surface area (Å²) in [6, 6.07) is 9.63. The van der Waals surface area contributed by atoms with E-state index in [0.717, 1.165) is 19.5 Å². The van der Waals surface area contributed by atoms with Crippen LogP contribution in [0.3, 0.4) is 0 Å². The van der Waals surface area contributed by atoms with Crippen molar-refractivity contribution in [2.45, 2.75) is 52.1 Å². The fourth-order valence-electron chi connectivity index (χ4n) is 2.60. The third-order valence-corrected chi connectivity index (χ3v) is 4.33. The van der Waals surface area contributed by atoms with Crippen molar-refractivity contribution in [3.63, 3.8) is 0 Å². The van der Waals surface area contributed by atoms with Gasteiger partial charge in [0.1, 0.15) is 0 Å². The minimum Gasteiger partial charge on any atom is -0.366 e. The number of nitrogens with zero attached hydrogens (tertiary/aromatic N) is 1. The molecule has 0 saturated carbocycles. The van der Waals surface area contributed by atoms with Crippen molar-refractivity contribution in [2.75, 3.05) is 18.0 Å². The van der Waals surface area contributed by atoms with E-state index in [2.05, 4.69) is 62.2 Å². The summed E-state index contributed by atoms with van der Waals surface area (Å²) < 4.78 is 0. The number of nitrogens with one attached hydrogen (secondary N) is 1. The second-order valence-corrected chi connectivity index (χ2v) is 5.79. The Balaban J connectivity index is 2.18. The zero-order valence-corrected chi connectivity index (χ0v) is 12.2. The van der Waals surface area contributed by atoms with E-state index in [1.807, 2.05) is 0 Å². The van der Waals surface area contributed by atoms with Gasteiger partial charge in [-0.1, -0.05) is 26.0 Å². The first-order valence-corrected chi connectivity index (χ1v) is 7.18. The summed E-state index contributed by atoms with van der Waals surface area (Å²) >= 11 is 0. The predicted molar refractivity (Wildman–Crippen MR) is 79.3 cm³/mol. The first-order chi connectivity index (χ1) is 8.58. The Bertz CT molecular complexity index is 385. The highest BCUT2D eigenvalue weighted by atomic mass is 15.2. The van der Waals surface area contributed by atoms with Crippen LogP contribution in [0.4, 0.5) is 5.69 Å². The Morgan fingerprint density at radius 3 is 2.50 bits per heavy atom. The van der Waals surface area contributed by atoms with Crippen molar-refractivity contribution in [3.8, 4) is 0 Å². The maximum atomic E-state index is 3.68. The monoisotopic (exact) mass is 246 g/mol. The summed E-state index contributed by atoms with van der Waals surface area (Å²) in [7, 11) is 0. The van der Waals surface area contributed by atoms with Crippen LogP contribution in [0, 0.1) is 0 Å². The predicted octanol–water partition coefficient (Wildman–Crippen LogP) is 3.22. The molecule has 1 aromatic carbocycles. The molecule has 100 valence electrons. The fraction of sp³-hybridized carbons (Fsp3) is 0.625. The zero-order valence-electron chi connectivity index (χ0n) is 12.2. The number of rotatable bonds is 3. The smallest absolute Gasteiger partial charge is 0.0387 e. The molecule has 2 atom stereocenters. The minimum absolute atomic E-state index is 0.246. The summed E-state index contributed by atoms with van der Waals surface area (Å²) in [5, 5.41) is 3.68. The van der Waals surface area contributed by atoms with Crippen LogP contribution in [-0.2, 0) is 6.42 Å². The standard InChI is InChI=1S/C16H26N2/c1-5-14-7-9-15(10-8-14)18-12-16(4,6-2)17-11-13(18)3/h7-10,13,17H,5-6,11-12H2,1-4H3. The summed E-state index contributed by atoms with van der Waals surface area (Å²) in [5.74, 6) is 0. The van der Waals surface area contributed by atoms with E-state index >= 15 is 0 Å². The average Bonchev–Trinajstić information content (AvgIpc) is 2.42. The highest BCUT2D eigenvalue weighted by Crippen LogP contribution is 2.25. The van der Waals surface area contributed by atoms with Crippen LogP contribution in [0.15, 0.2) is 24.3 Å². The third-order valence-electron chi connectivity index (χ3n) is 4.33. The Hall–Kier alpha value is -1.02. The van der Waals surface area contributed by atoms with Gasteiger partial charge < -0.3 is 10.2 Å². The summed E-state index contributed by atoms with van der Waals surface area (Å²) in [4.78, 5) is 2.54. The number of piperazine rings is 1. The van der Waals surface area contributed by atoms with E-state index in [1.54, 1.807) is 0 Å². The second-order valence-electron chi connectivity index (χ2n) is 5.79. The topological polar surface area (TPSA) is 15.3 Å². The molecular weight excluding hydrogens is 220 g/mol. The van der Waals surface area contributed by atoms with Crippen molar-refractivity contribution in [1.82, 2.24) is 5.32 Å². The van der Waals surface area contributed by atoms with Crippen LogP contribution in [-0.4, -0.2) is 24.7 Å². The van der Waals surface area contributed by atoms with Crippen molar-refractivity contribution in [1.29, 1.82) is 0 Å². The summed E-state index contributed by atoms with van der Waals surface area (Å²) in [6.45, 7) is 11.3. The molecule has 1 aliphatic rings. The molecule has 2 nitrogen and oxygen atoms in total. The van der Waals surface area contributed by atoms with Gasteiger partial charge in [-0.2, -0.15) is 0 Å². The molecule has 1 N–H and O–H groups in total. The molecule has 0 aliphatic carbocycles. The number of hydrogen-bond acceptors (Lipinski definition) is 2. The number of anilines is 1. The molecule has 2 unspecified atom stereocenters. The lowest BCUT2D eigenvalue weighted by atomic mass is 9.93. The number of benzene rings is 1. The number of aryl methyl sites for hydroxylation is 1. The van der Waals surface area contributed by atoms with Crippen molar-refractivity contribution in [2.24, 2.45) is 0 Å². The van der Waals surface area contributed by atoms with E-state index in [-0.39, 0.29) is 5.54 Å². The second kappa shape index (κ2) is 5.31. The molecule has 0 bridgehead atoms. The van der Waals surface area contributed by atoms with Crippen molar-refractivity contribution in [3.05, 3.63) is 29.8 Å². The number of hydrogen-bond donors (Lipinski definition) is 1. The van der Waals surface area contributed by atoms with E-state index in [0.29, 0.717) is 6.04 Å². The first kappa shape index (κ1) is 13.4. The van der Waals surface area contributed by atoms with Crippen LogP contribution in [0.25, 0.3) is 0 Å². The van der Waals surface area contributed by atoms with Gasteiger partial charge in [0.2, 0.25) is 0 Å². The van der Waals surface area contributed by atoms with Crippen LogP contribution >= 0.6 is 0 Å². The summed E-state index contributed by atoms with van der Waals surface area (Å²) in [5.41, 5.74) is 3.02. The van der Waals surface area contributed by atoms with Crippen molar-refractivity contribution < 1.29 is 0 Å². The zero-order chi connectivity index (χ0) is 13.2. The minimum atomic E-state index is 0.246. The van der Waals surface area contributed by atoms with Gasteiger partial charge in [-0.3, -0.25) is 0 Å². The Morgan fingerprint density at radius 2 is 1.94 bits per heavy atom. The van der Waals surface area contributed by atoms with Gasteiger partial charge >= 0.3 is 0 Å². The van der Waals surface area contributed by atoms with Crippen LogP contribution in [0.1, 0.15) is 39.7 Å². The molecule has 0 radical (unpaired) electrons. The molecule has 1 saturated heterocycles. The molecule has 0 spiro atoms. The SMILES string of the molecule is CCc1ccc(N2CC(C)(CC)NCC2C)cc1. The van der Waals surface area contributed by atoms with E-state index in [4.69, 9.17) is 0 Å². The maximum Gasteiger partial charge on any atom is 0.0387 e. The van der Waals surface area contributed by atoms with Gasteiger partial charge in [-0.05, 0) is 44.4 Å². The van der Waals surface area contributed by atoms with Gasteiger partial charge in [-0.15, -0.1) is 0 Å². The van der Waals surface area contributed by atoms with Gasteiger partial charge in [0.05, 0.1) is 0 Å². The Kier molecular flexibility index (Phi) is 3.96. The van der Waals surface area contributed by atoms with Crippen LogP contribution < -0.4 is 10.2 Å². The van der Waals surface area contributed by atoms with E-state index in [1.165, 1.54) is 17.7 Å². The first-order valence-electron chi connectivity index (χ1n) is 7.18. The molecule has 2 rings (SSSR count). The average molecular weight is 246 g/mol. The van der Waals surface area contributed by atoms with Gasteiger partial charge in [0, 0.05) is 30.4 Å². The quantitative estimate of drug-likeness (QED) is 0.881. The lowest BCUT2D eigenvalue weighted by molar-refractivity contribution is 0.285. The molecule has 0 amide bonds. The molecule has 2 heteroatoms. The van der Waals surface area contributed by atoms with Crippen LogP contribution in [0.5, 0.6) is 0 Å². The van der Waals surface area contributed by atoms with Crippen LogP contribution in [0.2, 0.25) is 0 Å². The Morgan fingerprint density at radius 1 is 1.28 bits per heavy atom. The maximum absolute atomic E-state index is 3.68. The van der Waals surface area contributed by atoms with E-state index in [9.17, 15) is 0 Å². The molecule has 0 aromatic heterocycles. The fourth-order valence-corrected chi connectivity index (χ4v) is 2.60. The highest BCUT2D eigenvalue weighted by molar-refractivity contribution is 5.49. The van der Waals surface area contributed by atoms with Gasteiger partial charge in [-0.25, -0.2) is 0 Å². The van der Waals surface area contributed by atoms with Crippen molar-refractivity contribution >= 4 is 5.69 Å². The normalized spacial score (nSPS) is 28.4. The highest BCUT2D eigenvalue weighted by Gasteiger charge is 2.32. The molecule has 18 heavy (non-hydrogen) atoms. The lowest BCUT2D eigenvalue weighted by Gasteiger charge is -2.46. The summed E-state index contributed by atoms with van der Waals surface area (Å²) in [6.07, 6.45) is 2.29.